The van der Waals surface area contributed by atoms with Gasteiger partial charge < -0.3 is 15.2 Å². The van der Waals surface area contributed by atoms with Crippen LogP contribution >= 0.6 is 15.9 Å². The molecule has 5 nitrogen and oxygen atoms in total. The Hall–Kier alpha value is -1.30. The van der Waals surface area contributed by atoms with Crippen LogP contribution < -0.4 is 5.32 Å². The quantitative estimate of drug-likeness (QED) is 0.867. The molecule has 1 aromatic heterocycles. The molecule has 0 aliphatic carbocycles. The van der Waals surface area contributed by atoms with Crippen LogP contribution in [0.4, 0.5) is 0 Å². The van der Waals surface area contributed by atoms with Crippen molar-refractivity contribution in [3.63, 3.8) is 0 Å². The molecule has 16 heavy (non-hydrogen) atoms. The first-order chi connectivity index (χ1) is 7.58. The molecule has 0 atom stereocenters. The molecule has 0 spiro atoms. The van der Waals surface area contributed by atoms with Crippen LogP contribution in [0.25, 0.3) is 0 Å². The topological polar surface area (TPSA) is 65.2 Å². The fourth-order valence-electron chi connectivity index (χ4n) is 1.24. The molecule has 0 fully saturated rings. The van der Waals surface area contributed by atoms with Crippen LogP contribution in [-0.2, 0) is 4.79 Å². The number of aromatic nitrogens is 1. The molecule has 1 heterocycles. The average molecular weight is 288 g/mol. The highest BCUT2D eigenvalue weighted by atomic mass is 79.9. The maximum Gasteiger partial charge on any atom is 0.270 e. The molecule has 2 N–H and O–H groups in total. The number of halogens is 1. The average Bonchev–Trinajstić information content (AvgIpc) is 2.71. The molecule has 88 valence electrons. The Morgan fingerprint density at radius 3 is 2.69 bits per heavy atom. The zero-order valence-corrected chi connectivity index (χ0v) is 10.8. The van der Waals surface area contributed by atoms with E-state index >= 15 is 0 Å². The summed E-state index contributed by atoms with van der Waals surface area (Å²) in [6.45, 7) is 2.39. The number of H-pyrrole nitrogens is 1. The van der Waals surface area contributed by atoms with E-state index in [1.807, 2.05) is 6.92 Å². The Morgan fingerprint density at radius 1 is 1.56 bits per heavy atom. The predicted molar refractivity (Wildman–Crippen MR) is 64.1 cm³/mol. The van der Waals surface area contributed by atoms with Crippen molar-refractivity contribution in [2.75, 3.05) is 20.1 Å². The second-order valence-electron chi connectivity index (χ2n) is 3.22. The van der Waals surface area contributed by atoms with Gasteiger partial charge in [-0.05, 0) is 28.9 Å². The fourth-order valence-corrected chi connectivity index (χ4v) is 1.58. The van der Waals surface area contributed by atoms with Gasteiger partial charge in [0, 0.05) is 24.3 Å². The minimum Gasteiger partial charge on any atom is -0.358 e. The third kappa shape index (κ3) is 3.10. The van der Waals surface area contributed by atoms with Gasteiger partial charge in [0.05, 0.1) is 6.54 Å². The van der Waals surface area contributed by atoms with Gasteiger partial charge in [-0.3, -0.25) is 9.59 Å². The van der Waals surface area contributed by atoms with Gasteiger partial charge in [-0.2, -0.15) is 0 Å². The van der Waals surface area contributed by atoms with Crippen LogP contribution in [-0.4, -0.2) is 41.8 Å². The summed E-state index contributed by atoms with van der Waals surface area (Å²) >= 11 is 3.25. The maximum atomic E-state index is 11.9. The van der Waals surface area contributed by atoms with Crippen molar-refractivity contribution in [2.45, 2.75) is 6.92 Å². The zero-order chi connectivity index (χ0) is 12.1. The molecule has 0 saturated heterocycles. The standard InChI is InChI=1S/C10H14BrN3O2/c1-3-14(6-9(15)12-2)10(16)8-4-7(11)5-13-8/h4-5,13H,3,6H2,1-2H3,(H,12,15). The molecule has 0 saturated carbocycles. The number of amides is 2. The summed E-state index contributed by atoms with van der Waals surface area (Å²) in [6, 6.07) is 1.69. The predicted octanol–water partition coefficient (Wildman–Crippen LogP) is 0.985. The van der Waals surface area contributed by atoms with E-state index in [0.29, 0.717) is 12.2 Å². The van der Waals surface area contributed by atoms with E-state index in [9.17, 15) is 9.59 Å². The molecule has 0 unspecified atom stereocenters. The fraction of sp³-hybridized carbons (Fsp3) is 0.400. The van der Waals surface area contributed by atoms with Crippen molar-refractivity contribution in [1.82, 2.24) is 15.2 Å². The SMILES string of the molecule is CCN(CC(=O)NC)C(=O)c1cc(Br)c[nH]1. The Labute approximate surface area is 102 Å². The third-order valence-corrected chi connectivity index (χ3v) is 2.62. The van der Waals surface area contributed by atoms with E-state index in [1.165, 1.54) is 4.90 Å². The number of carbonyl (C=O) groups is 2. The van der Waals surface area contributed by atoms with Crippen molar-refractivity contribution in [3.8, 4) is 0 Å². The summed E-state index contributed by atoms with van der Waals surface area (Å²) in [4.78, 5) is 27.4. The molecule has 0 aliphatic rings. The van der Waals surface area contributed by atoms with E-state index in [2.05, 4.69) is 26.2 Å². The lowest BCUT2D eigenvalue weighted by molar-refractivity contribution is -0.121. The van der Waals surface area contributed by atoms with Crippen LogP contribution in [0.3, 0.4) is 0 Å². The van der Waals surface area contributed by atoms with Crippen molar-refractivity contribution in [2.24, 2.45) is 0 Å². The first kappa shape index (κ1) is 12.8. The molecular formula is C10H14BrN3O2. The van der Waals surface area contributed by atoms with Crippen LogP contribution in [0, 0.1) is 0 Å². The normalized spacial score (nSPS) is 9.94. The van der Waals surface area contributed by atoms with Gasteiger partial charge in [0.2, 0.25) is 5.91 Å². The Kier molecular flexibility index (Phi) is 4.54. The molecule has 1 aromatic rings. The van der Waals surface area contributed by atoms with Gasteiger partial charge in [-0.25, -0.2) is 0 Å². The summed E-state index contributed by atoms with van der Waals surface area (Å²) in [5, 5.41) is 2.49. The Morgan fingerprint density at radius 2 is 2.25 bits per heavy atom. The molecule has 0 bridgehead atoms. The number of carbonyl (C=O) groups excluding carboxylic acids is 2. The smallest absolute Gasteiger partial charge is 0.270 e. The summed E-state index contributed by atoms with van der Waals surface area (Å²) in [7, 11) is 1.55. The number of likely N-dealkylation sites (N-methyl/N-ethyl adjacent to an activating group) is 2. The van der Waals surface area contributed by atoms with Crippen LogP contribution in [0.15, 0.2) is 16.7 Å². The summed E-state index contributed by atoms with van der Waals surface area (Å²) in [6.07, 6.45) is 1.68. The van der Waals surface area contributed by atoms with Crippen LogP contribution in [0.2, 0.25) is 0 Å². The van der Waals surface area contributed by atoms with E-state index in [-0.39, 0.29) is 18.4 Å². The molecule has 0 radical (unpaired) electrons. The maximum absolute atomic E-state index is 11.9. The Balaban J connectivity index is 2.73. The van der Waals surface area contributed by atoms with Gasteiger partial charge in [-0.1, -0.05) is 0 Å². The van der Waals surface area contributed by atoms with Gasteiger partial charge in [0.15, 0.2) is 0 Å². The van der Waals surface area contributed by atoms with E-state index in [1.54, 1.807) is 19.3 Å². The van der Waals surface area contributed by atoms with Gasteiger partial charge in [-0.15, -0.1) is 0 Å². The van der Waals surface area contributed by atoms with E-state index < -0.39 is 0 Å². The monoisotopic (exact) mass is 287 g/mol. The van der Waals surface area contributed by atoms with Gasteiger partial charge >= 0.3 is 0 Å². The summed E-state index contributed by atoms with van der Waals surface area (Å²) in [5.74, 6) is -0.363. The lowest BCUT2D eigenvalue weighted by Gasteiger charge is -2.18. The van der Waals surface area contributed by atoms with Gasteiger partial charge in [0.1, 0.15) is 5.69 Å². The second-order valence-corrected chi connectivity index (χ2v) is 4.14. The third-order valence-electron chi connectivity index (χ3n) is 2.16. The first-order valence-corrected chi connectivity index (χ1v) is 5.71. The summed E-state index contributed by atoms with van der Waals surface area (Å²) < 4.78 is 0.812. The number of aromatic amines is 1. The van der Waals surface area contributed by atoms with Gasteiger partial charge in [0.25, 0.3) is 5.91 Å². The van der Waals surface area contributed by atoms with Crippen molar-refractivity contribution in [1.29, 1.82) is 0 Å². The van der Waals surface area contributed by atoms with E-state index in [0.717, 1.165) is 4.47 Å². The van der Waals surface area contributed by atoms with Crippen molar-refractivity contribution < 1.29 is 9.59 Å². The number of hydrogen-bond donors (Lipinski definition) is 2. The number of nitrogens with one attached hydrogen (secondary N) is 2. The minimum absolute atomic E-state index is 0.0719. The zero-order valence-electron chi connectivity index (χ0n) is 9.21. The Bertz CT molecular complexity index is 389. The van der Waals surface area contributed by atoms with Crippen LogP contribution in [0.1, 0.15) is 17.4 Å². The molecule has 1 rings (SSSR count). The molecule has 6 heteroatoms. The van der Waals surface area contributed by atoms with Crippen molar-refractivity contribution in [3.05, 3.63) is 22.4 Å². The van der Waals surface area contributed by atoms with Crippen LogP contribution in [0.5, 0.6) is 0 Å². The summed E-state index contributed by atoms with van der Waals surface area (Å²) in [5.41, 5.74) is 0.470. The highest BCUT2D eigenvalue weighted by molar-refractivity contribution is 9.10. The number of rotatable bonds is 4. The van der Waals surface area contributed by atoms with Crippen molar-refractivity contribution >= 4 is 27.7 Å². The largest absolute Gasteiger partial charge is 0.358 e. The lowest BCUT2D eigenvalue weighted by atomic mass is 10.3. The minimum atomic E-state index is -0.184. The lowest BCUT2D eigenvalue weighted by Crippen LogP contribution is -2.39. The van der Waals surface area contributed by atoms with E-state index in [4.69, 9.17) is 0 Å². The second kappa shape index (κ2) is 5.69. The number of hydrogen-bond acceptors (Lipinski definition) is 2. The highest BCUT2D eigenvalue weighted by Gasteiger charge is 2.17. The molecular weight excluding hydrogens is 274 g/mol. The molecule has 0 aliphatic heterocycles. The number of nitrogens with zero attached hydrogens (tertiary/aromatic N) is 1. The first-order valence-electron chi connectivity index (χ1n) is 4.92. The molecule has 2 amide bonds. The highest BCUT2D eigenvalue weighted by Crippen LogP contribution is 2.12. The molecule has 0 aromatic carbocycles.